The second kappa shape index (κ2) is 5.46. The molecule has 6 nitrogen and oxygen atoms in total. The monoisotopic (exact) mass is 309 g/mol. The van der Waals surface area contributed by atoms with E-state index in [1.807, 2.05) is 42.5 Å². The third kappa shape index (κ3) is 2.56. The molecular weight excluding hydrogens is 290 g/mol. The van der Waals surface area contributed by atoms with Crippen molar-refractivity contribution in [2.75, 3.05) is 16.8 Å². The molecule has 0 saturated carbocycles. The molecule has 1 aliphatic heterocycles. The molecule has 1 aliphatic rings. The maximum atomic E-state index is 12.8. The van der Waals surface area contributed by atoms with Gasteiger partial charge in [-0.05, 0) is 37.1 Å². The van der Waals surface area contributed by atoms with Crippen molar-refractivity contribution in [3.63, 3.8) is 0 Å². The smallest absolute Gasteiger partial charge is 0.249 e. The number of aryl methyl sites for hydroxylation is 1. The van der Waals surface area contributed by atoms with Gasteiger partial charge < -0.3 is 15.2 Å². The lowest BCUT2D eigenvalue weighted by Gasteiger charge is -2.32. The van der Waals surface area contributed by atoms with Crippen LogP contribution in [0.1, 0.15) is 12.8 Å². The number of carbonyl (C=O) groups is 1. The Kier molecular flexibility index (Phi) is 3.29. The van der Waals surface area contributed by atoms with E-state index in [9.17, 15) is 4.79 Å². The van der Waals surface area contributed by atoms with Crippen molar-refractivity contribution in [3.8, 4) is 0 Å². The van der Waals surface area contributed by atoms with Gasteiger partial charge in [0.05, 0.1) is 11.9 Å². The number of nitrogens with zero attached hydrogens (tertiary/aromatic N) is 3. The number of anilines is 2. The summed E-state index contributed by atoms with van der Waals surface area (Å²) in [7, 11) is 1.86. The van der Waals surface area contributed by atoms with Crippen molar-refractivity contribution in [3.05, 3.63) is 42.9 Å². The Morgan fingerprint density at radius 1 is 1.35 bits per heavy atom. The number of benzene rings is 1. The summed E-state index contributed by atoms with van der Waals surface area (Å²) in [5.74, 6) is 0.110. The summed E-state index contributed by atoms with van der Waals surface area (Å²) in [4.78, 5) is 17.8. The number of carbonyl (C=O) groups excluding carboxylic acids is 1. The number of piperidine rings is 1. The SMILES string of the molecule is Cn1cc(N2CCCC(Nc3ccc4[nH]ccc4c3)C2=O)cn1. The number of nitrogens with one attached hydrogen (secondary N) is 2. The van der Waals surface area contributed by atoms with Crippen molar-refractivity contribution >= 4 is 28.2 Å². The third-order valence-electron chi connectivity index (χ3n) is 4.34. The van der Waals surface area contributed by atoms with Crippen LogP contribution in [0.2, 0.25) is 0 Å². The molecule has 0 radical (unpaired) electrons. The first-order chi connectivity index (χ1) is 11.2. The van der Waals surface area contributed by atoms with Gasteiger partial charge in [0.1, 0.15) is 6.04 Å². The van der Waals surface area contributed by atoms with Crippen molar-refractivity contribution in [2.24, 2.45) is 7.05 Å². The predicted octanol–water partition coefficient (Wildman–Crippen LogP) is 2.51. The Hall–Kier alpha value is -2.76. The van der Waals surface area contributed by atoms with Gasteiger partial charge >= 0.3 is 0 Å². The molecule has 3 aromatic rings. The Bertz CT molecular complexity index is 849. The van der Waals surface area contributed by atoms with Gasteiger partial charge in [-0.1, -0.05) is 0 Å². The second-order valence-corrected chi connectivity index (χ2v) is 5.98. The van der Waals surface area contributed by atoms with Gasteiger partial charge in [0.2, 0.25) is 5.91 Å². The topological polar surface area (TPSA) is 65.9 Å². The summed E-state index contributed by atoms with van der Waals surface area (Å²) in [6, 6.07) is 7.95. The highest BCUT2D eigenvalue weighted by Gasteiger charge is 2.30. The summed E-state index contributed by atoms with van der Waals surface area (Å²) in [5, 5.41) is 8.69. The van der Waals surface area contributed by atoms with E-state index in [0.717, 1.165) is 41.7 Å². The average molecular weight is 309 g/mol. The summed E-state index contributed by atoms with van der Waals surface area (Å²) in [6.07, 6.45) is 7.37. The third-order valence-corrected chi connectivity index (χ3v) is 4.34. The van der Waals surface area contributed by atoms with E-state index in [1.165, 1.54) is 0 Å². The largest absolute Gasteiger partial charge is 0.374 e. The minimum Gasteiger partial charge on any atom is -0.374 e. The minimum absolute atomic E-state index is 0.110. The van der Waals surface area contributed by atoms with Crippen LogP contribution in [0, 0.1) is 0 Å². The van der Waals surface area contributed by atoms with Gasteiger partial charge in [0.25, 0.3) is 0 Å². The average Bonchev–Trinajstić information content (AvgIpc) is 3.17. The standard InChI is InChI=1S/C17H19N5O/c1-21-11-14(10-19-21)22-8-2-3-16(17(22)23)20-13-4-5-15-12(9-13)6-7-18-15/h4-7,9-11,16,18,20H,2-3,8H2,1H3. The first-order valence-electron chi connectivity index (χ1n) is 7.84. The molecule has 6 heteroatoms. The number of hydrogen-bond acceptors (Lipinski definition) is 3. The number of aromatic amines is 1. The Balaban J connectivity index is 1.54. The zero-order valence-electron chi connectivity index (χ0n) is 13.0. The molecule has 118 valence electrons. The van der Waals surface area contributed by atoms with Crippen LogP contribution < -0.4 is 10.2 Å². The molecule has 0 aliphatic carbocycles. The van der Waals surface area contributed by atoms with E-state index in [-0.39, 0.29) is 11.9 Å². The molecule has 1 saturated heterocycles. The first kappa shape index (κ1) is 13.9. The Morgan fingerprint density at radius 2 is 2.26 bits per heavy atom. The van der Waals surface area contributed by atoms with E-state index in [1.54, 1.807) is 10.9 Å². The molecule has 3 heterocycles. The highest BCUT2D eigenvalue weighted by atomic mass is 16.2. The van der Waals surface area contributed by atoms with E-state index in [0.29, 0.717) is 0 Å². The lowest BCUT2D eigenvalue weighted by molar-refractivity contribution is -0.120. The molecule has 0 bridgehead atoms. The fourth-order valence-electron chi connectivity index (χ4n) is 3.16. The molecule has 1 amide bonds. The Morgan fingerprint density at radius 3 is 3.09 bits per heavy atom. The number of aromatic nitrogens is 3. The van der Waals surface area contributed by atoms with Crippen molar-refractivity contribution in [1.82, 2.24) is 14.8 Å². The van der Waals surface area contributed by atoms with Gasteiger partial charge in [-0.15, -0.1) is 0 Å². The molecule has 23 heavy (non-hydrogen) atoms. The van der Waals surface area contributed by atoms with E-state index < -0.39 is 0 Å². The van der Waals surface area contributed by atoms with Gasteiger partial charge in [-0.25, -0.2) is 0 Å². The fourth-order valence-corrected chi connectivity index (χ4v) is 3.16. The minimum atomic E-state index is -0.194. The quantitative estimate of drug-likeness (QED) is 0.781. The predicted molar refractivity (Wildman–Crippen MR) is 90.5 cm³/mol. The maximum absolute atomic E-state index is 12.8. The van der Waals surface area contributed by atoms with Crippen LogP contribution in [0.15, 0.2) is 42.9 Å². The number of fused-ring (bicyclic) bond motifs is 1. The van der Waals surface area contributed by atoms with Crippen molar-refractivity contribution < 1.29 is 4.79 Å². The van der Waals surface area contributed by atoms with Crippen LogP contribution in [0.25, 0.3) is 10.9 Å². The van der Waals surface area contributed by atoms with Gasteiger partial charge in [-0.3, -0.25) is 9.48 Å². The number of amides is 1. The molecule has 1 unspecified atom stereocenters. The number of rotatable bonds is 3. The Labute approximate surface area is 134 Å². The number of hydrogen-bond donors (Lipinski definition) is 2. The molecular formula is C17H19N5O. The fraction of sp³-hybridized carbons (Fsp3) is 0.294. The zero-order chi connectivity index (χ0) is 15.8. The highest BCUT2D eigenvalue weighted by molar-refractivity contribution is 5.99. The van der Waals surface area contributed by atoms with Crippen LogP contribution >= 0.6 is 0 Å². The molecule has 4 rings (SSSR count). The van der Waals surface area contributed by atoms with Crippen molar-refractivity contribution in [1.29, 1.82) is 0 Å². The second-order valence-electron chi connectivity index (χ2n) is 5.98. The molecule has 2 aromatic heterocycles. The highest BCUT2D eigenvalue weighted by Crippen LogP contribution is 2.24. The lowest BCUT2D eigenvalue weighted by Crippen LogP contribution is -2.47. The molecule has 2 N–H and O–H groups in total. The van der Waals surface area contributed by atoms with Gasteiger partial charge in [0.15, 0.2) is 0 Å². The van der Waals surface area contributed by atoms with Gasteiger partial charge in [0, 0.05) is 42.6 Å². The van der Waals surface area contributed by atoms with Crippen molar-refractivity contribution in [2.45, 2.75) is 18.9 Å². The van der Waals surface area contributed by atoms with E-state index >= 15 is 0 Å². The summed E-state index contributed by atoms with van der Waals surface area (Å²) < 4.78 is 1.72. The maximum Gasteiger partial charge on any atom is 0.249 e. The number of H-pyrrole nitrogens is 1. The van der Waals surface area contributed by atoms with E-state index in [4.69, 9.17) is 0 Å². The van der Waals surface area contributed by atoms with Crippen LogP contribution in [-0.2, 0) is 11.8 Å². The van der Waals surface area contributed by atoms with Crippen LogP contribution in [0.5, 0.6) is 0 Å². The van der Waals surface area contributed by atoms with Crippen LogP contribution in [0.4, 0.5) is 11.4 Å². The van der Waals surface area contributed by atoms with Gasteiger partial charge in [-0.2, -0.15) is 5.10 Å². The van der Waals surface area contributed by atoms with E-state index in [2.05, 4.69) is 21.5 Å². The molecule has 0 spiro atoms. The lowest BCUT2D eigenvalue weighted by atomic mass is 10.0. The zero-order valence-corrected chi connectivity index (χ0v) is 13.0. The molecule has 1 aromatic carbocycles. The summed E-state index contributed by atoms with van der Waals surface area (Å²) in [5.41, 5.74) is 2.94. The normalized spacial score (nSPS) is 18.6. The molecule has 1 atom stereocenters. The van der Waals surface area contributed by atoms with Crippen LogP contribution in [-0.4, -0.2) is 33.3 Å². The molecule has 1 fully saturated rings. The summed E-state index contributed by atoms with van der Waals surface area (Å²) >= 11 is 0. The summed E-state index contributed by atoms with van der Waals surface area (Å²) in [6.45, 7) is 0.750. The first-order valence-corrected chi connectivity index (χ1v) is 7.84. The van der Waals surface area contributed by atoms with Crippen LogP contribution in [0.3, 0.4) is 0 Å².